The molecule has 1 aromatic carbocycles. The van der Waals surface area contributed by atoms with Crippen LogP contribution in [0.2, 0.25) is 0 Å². The van der Waals surface area contributed by atoms with Crippen molar-refractivity contribution in [2.75, 3.05) is 0 Å². The van der Waals surface area contributed by atoms with Gasteiger partial charge >= 0.3 is 0 Å². The first-order valence-corrected chi connectivity index (χ1v) is 6.61. The first kappa shape index (κ1) is 13.2. The molecule has 1 atom stereocenters. The van der Waals surface area contributed by atoms with Gasteiger partial charge in [0, 0.05) is 17.0 Å². The highest BCUT2D eigenvalue weighted by Gasteiger charge is 2.16. The van der Waals surface area contributed by atoms with E-state index >= 15 is 0 Å². The van der Waals surface area contributed by atoms with Crippen LogP contribution in [0.3, 0.4) is 0 Å². The van der Waals surface area contributed by atoms with Crippen molar-refractivity contribution in [1.29, 1.82) is 0 Å². The topological polar surface area (TPSA) is 75.1 Å². The summed E-state index contributed by atoms with van der Waals surface area (Å²) >= 11 is 0. The third-order valence-electron chi connectivity index (χ3n) is 3.31. The predicted molar refractivity (Wildman–Crippen MR) is 79.2 cm³/mol. The summed E-state index contributed by atoms with van der Waals surface area (Å²) < 4.78 is 5.26. The van der Waals surface area contributed by atoms with Crippen LogP contribution in [0.5, 0.6) is 0 Å². The molecule has 0 spiro atoms. The van der Waals surface area contributed by atoms with Gasteiger partial charge in [0.2, 0.25) is 5.56 Å². The van der Waals surface area contributed by atoms with Crippen LogP contribution in [0.15, 0.2) is 57.9 Å². The molecule has 0 unspecified atom stereocenters. The number of furan rings is 1. The number of para-hydroxylation sites is 1. The predicted octanol–water partition coefficient (Wildman–Crippen LogP) is 2.61. The molecule has 106 valence electrons. The highest BCUT2D eigenvalue weighted by Crippen LogP contribution is 2.17. The van der Waals surface area contributed by atoms with Gasteiger partial charge in [-0.15, -0.1) is 0 Å². The van der Waals surface area contributed by atoms with E-state index in [0.717, 1.165) is 0 Å². The number of nitrogens with one attached hydrogen (secondary N) is 2. The summed E-state index contributed by atoms with van der Waals surface area (Å²) in [5.41, 5.74) is 0.693. The molecular formula is C16H14N2O3. The summed E-state index contributed by atoms with van der Waals surface area (Å²) in [6, 6.07) is 11.8. The minimum Gasteiger partial charge on any atom is -0.467 e. The van der Waals surface area contributed by atoms with Crippen LogP contribution in [0.25, 0.3) is 10.9 Å². The van der Waals surface area contributed by atoms with Gasteiger partial charge < -0.3 is 14.7 Å². The maximum atomic E-state index is 12.4. The Morgan fingerprint density at radius 3 is 2.81 bits per heavy atom. The fourth-order valence-electron chi connectivity index (χ4n) is 2.28. The standard InChI is InChI=1S/C16H14N2O3/c1-10(14-7-4-8-21-14)17-16(20)12-9-15(19)18-13-6-3-2-5-11(12)13/h2-10H,1H3,(H,17,20)(H,18,19)/t10-/m0/s1. The van der Waals surface area contributed by atoms with Crippen LogP contribution in [0, 0.1) is 0 Å². The molecule has 2 N–H and O–H groups in total. The van der Waals surface area contributed by atoms with Gasteiger partial charge in [0.25, 0.3) is 5.91 Å². The Morgan fingerprint density at radius 2 is 2.05 bits per heavy atom. The van der Waals surface area contributed by atoms with Gasteiger partial charge in [0.15, 0.2) is 0 Å². The number of carbonyl (C=O) groups excluding carboxylic acids is 1. The first-order chi connectivity index (χ1) is 10.1. The normalized spacial score (nSPS) is 12.2. The number of aromatic amines is 1. The van der Waals surface area contributed by atoms with Crippen LogP contribution < -0.4 is 10.9 Å². The zero-order valence-corrected chi connectivity index (χ0v) is 11.4. The van der Waals surface area contributed by atoms with Crippen LogP contribution in [0.1, 0.15) is 29.1 Å². The average Bonchev–Trinajstić information content (AvgIpc) is 3.00. The Balaban J connectivity index is 1.96. The van der Waals surface area contributed by atoms with Gasteiger partial charge in [-0.3, -0.25) is 9.59 Å². The van der Waals surface area contributed by atoms with E-state index in [4.69, 9.17) is 4.42 Å². The highest BCUT2D eigenvalue weighted by molar-refractivity contribution is 6.06. The van der Waals surface area contributed by atoms with Gasteiger partial charge in [0.05, 0.1) is 17.9 Å². The number of rotatable bonds is 3. The van der Waals surface area contributed by atoms with Gasteiger partial charge in [-0.05, 0) is 25.1 Å². The lowest BCUT2D eigenvalue weighted by atomic mass is 10.1. The second-order valence-corrected chi connectivity index (χ2v) is 4.80. The summed E-state index contributed by atoms with van der Waals surface area (Å²) in [4.78, 5) is 26.8. The quantitative estimate of drug-likeness (QED) is 0.775. The minimum absolute atomic E-state index is 0.273. The molecule has 3 rings (SSSR count). The molecule has 5 nitrogen and oxygen atoms in total. The Labute approximate surface area is 120 Å². The Bertz CT molecular complexity index is 834. The molecule has 2 aromatic heterocycles. The Hall–Kier alpha value is -2.82. The van der Waals surface area contributed by atoms with Crippen molar-refractivity contribution < 1.29 is 9.21 Å². The van der Waals surface area contributed by atoms with Crippen molar-refractivity contribution in [2.45, 2.75) is 13.0 Å². The number of pyridine rings is 1. The second kappa shape index (κ2) is 5.28. The molecule has 3 aromatic rings. The van der Waals surface area contributed by atoms with E-state index in [2.05, 4.69) is 10.3 Å². The number of aromatic nitrogens is 1. The van der Waals surface area contributed by atoms with E-state index in [1.165, 1.54) is 6.07 Å². The molecule has 5 heteroatoms. The number of benzene rings is 1. The van der Waals surface area contributed by atoms with E-state index < -0.39 is 0 Å². The summed E-state index contributed by atoms with van der Waals surface area (Å²) in [5, 5.41) is 3.54. The van der Waals surface area contributed by atoms with Crippen molar-refractivity contribution >= 4 is 16.8 Å². The molecule has 0 saturated heterocycles. The molecule has 0 aliphatic carbocycles. The molecule has 0 aliphatic heterocycles. The first-order valence-electron chi connectivity index (χ1n) is 6.61. The molecule has 1 amide bonds. The number of carbonyl (C=O) groups is 1. The van der Waals surface area contributed by atoms with Gasteiger partial charge in [-0.1, -0.05) is 18.2 Å². The molecule has 2 heterocycles. The molecule has 21 heavy (non-hydrogen) atoms. The Kier molecular flexibility index (Phi) is 3.31. The van der Waals surface area contributed by atoms with Crippen molar-refractivity contribution in [3.05, 3.63) is 70.4 Å². The van der Waals surface area contributed by atoms with Crippen LogP contribution in [0.4, 0.5) is 0 Å². The lowest BCUT2D eigenvalue weighted by molar-refractivity contribution is 0.0937. The third-order valence-corrected chi connectivity index (χ3v) is 3.31. The summed E-state index contributed by atoms with van der Waals surface area (Å²) in [6.07, 6.45) is 1.56. The molecule has 0 saturated carbocycles. The molecule has 0 fully saturated rings. The number of H-pyrrole nitrogens is 1. The lowest BCUT2D eigenvalue weighted by Gasteiger charge is -2.12. The van der Waals surface area contributed by atoms with Crippen molar-refractivity contribution in [3.63, 3.8) is 0 Å². The highest BCUT2D eigenvalue weighted by atomic mass is 16.3. The molecular weight excluding hydrogens is 268 g/mol. The summed E-state index contributed by atoms with van der Waals surface area (Å²) in [7, 11) is 0. The van der Waals surface area contributed by atoms with Crippen LogP contribution in [-0.4, -0.2) is 10.9 Å². The summed E-state index contributed by atoms with van der Waals surface area (Å²) in [6.45, 7) is 1.83. The molecule has 0 radical (unpaired) electrons. The smallest absolute Gasteiger partial charge is 0.252 e. The number of fused-ring (bicyclic) bond motifs is 1. The van der Waals surface area contributed by atoms with Crippen molar-refractivity contribution in [1.82, 2.24) is 10.3 Å². The fourth-order valence-corrected chi connectivity index (χ4v) is 2.28. The maximum absolute atomic E-state index is 12.4. The average molecular weight is 282 g/mol. The lowest BCUT2D eigenvalue weighted by Crippen LogP contribution is -2.27. The van der Waals surface area contributed by atoms with E-state index in [1.54, 1.807) is 30.5 Å². The van der Waals surface area contributed by atoms with Crippen LogP contribution >= 0.6 is 0 Å². The molecule has 0 aliphatic rings. The fraction of sp³-hybridized carbons (Fsp3) is 0.125. The SMILES string of the molecule is C[C@H](NC(=O)c1cc(=O)[nH]c2ccccc12)c1ccco1. The van der Waals surface area contributed by atoms with E-state index in [0.29, 0.717) is 22.2 Å². The maximum Gasteiger partial charge on any atom is 0.252 e. The van der Waals surface area contributed by atoms with E-state index in [-0.39, 0.29) is 17.5 Å². The third kappa shape index (κ3) is 2.58. The number of amides is 1. The van der Waals surface area contributed by atoms with Gasteiger partial charge in [-0.25, -0.2) is 0 Å². The summed E-state index contributed by atoms with van der Waals surface area (Å²) in [5.74, 6) is 0.360. The minimum atomic E-state index is -0.304. The largest absolute Gasteiger partial charge is 0.467 e. The zero-order chi connectivity index (χ0) is 14.8. The van der Waals surface area contributed by atoms with Gasteiger partial charge in [-0.2, -0.15) is 0 Å². The monoisotopic (exact) mass is 282 g/mol. The van der Waals surface area contributed by atoms with Crippen LogP contribution in [-0.2, 0) is 0 Å². The second-order valence-electron chi connectivity index (χ2n) is 4.80. The van der Waals surface area contributed by atoms with Crippen molar-refractivity contribution in [2.24, 2.45) is 0 Å². The number of hydrogen-bond donors (Lipinski definition) is 2. The van der Waals surface area contributed by atoms with E-state index in [1.807, 2.05) is 19.1 Å². The molecule has 0 bridgehead atoms. The Morgan fingerprint density at radius 1 is 1.24 bits per heavy atom. The number of hydrogen-bond acceptors (Lipinski definition) is 3. The van der Waals surface area contributed by atoms with Crippen molar-refractivity contribution in [3.8, 4) is 0 Å². The van der Waals surface area contributed by atoms with Gasteiger partial charge in [0.1, 0.15) is 5.76 Å². The zero-order valence-electron chi connectivity index (χ0n) is 11.4. The van der Waals surface area contributed by atoms with E-state index in [9.17, 15) is 9.59 Å².